The highest BCUT2D eigenvalue weighted by Crippen LogP contribution is 2.23. The van der Waals surface area contributed by atoms with Crippen molar-refractivity contribution < 1.29 is 8.42 Å². The quantitative estimate of drug-likeness (QED) is 0.837. The summed E-state index contributed by atoms with van der Waals surface area (Å²) in [6, 6.07) is 12.8. The van der Waals surface area contributed by atoms with Gasteiger partial charge in [-0.3, -0.25) is 0 Å². The topological polar surface area (TPSA) is 40.6 Å². The standard InChI is InChI=1S/C18H21ClN2O2S/c1-14-11-15(2)13-17(12-14)20-7-9-21(10-8-20)24(22,23)18-5-3-16(19)4-6-18/h3-6,11-13H,7-10H2,1-2H3. The Hall–Kier alpha value is -1.56. The average molecular weight is 365 g/mol. The van der Waals surface area contributed by atoms with Gasteiger partial charge in [0.25, 0.3) is 0 Å². The Kier molecular flexibility index (Phi) is 4.85. The third-order valence-electron chi connectivity index (χ3n) is 4.26. The lowest BCUT2D eigenvalue weighted by Gasteiger charge is -2.35. The minimum absolute atomic E-state index is 0.298. The van der Waals surface area contributed by atoms with E-state index in [4.69, 9.17) is 11.6 Å². The first-order valence-corrected chi connectivity index (χ1v) is 9.77. The summed E-state index contributed by atoms with van der Waals surface area (Å²) in [6.45, 7) is 6.51. The molecule has 0 radical (unpaired) electrons. The van der Waals surface area contributed by atoms with Crippen molar-refractivity contribution in [3.8, 4) is 0 Å². The van der Waals surface area contributed by atoms with Crippen molar-refractivity contribution in [3.05, 3.63) is 58.6 Å². The molecular formula is C18H21ClN2O2S. The predicted molar refractivity (Wildman–Crippen MR) is 98.3 cm³/mol. The van der Waals surface area contributed by atoms with Crippen LogP contribution in [-0.2, 0) is 10.0 Å². The van der Waals surface area contributed by atoms with E-state index in [1.54, 1.807) is 28.6 Å². The molecule has 0 aromatic heterocycles. The van der Waals surface area contributed by atoms with Gasteiger partial charge < -0.3 is 4.90 Å². The molecule has 24 heavy (non-hydrogen) atoms. The molecule has 2 aromatic rings. The maximum Gasteiger partial charge on any atom is 0.243 e. The molecule has 4 nitrogen and oxygen atoms in total. The number of sulfonamides is 1. The molecule has 1 saturated heterocycles. The van der Waals surface area contributed by atoms with Crippen LogP contribution in [0.4, 0.5) is 5.69 Å². The highest BCUT2D eigenvalue weighted by Gasteiger charge is 2.28. The fourth-order valence-electron chi connectivity index (χ4n) is 3.08. The largest absolute Gasteiger partial charge is 0.369 e. The molecule has 6 heteroatoms. The minimum Gasteiger partial charge on any atom is -0.369 e. The van der Waals surface area contributed by atoms with E-state index in [1.165, 1.54) is 11.1 Å². The van der Waals surface area contributed by atoms with E-state index in [1.807, 2.05) is 0 Å². The first kappa shape index (κ1) is 17.3. The third-order valence-corrected chi connectivity index (χ3v) is 6.43. The van der Waals surface area contributed by atoms with Crippen LogP contribution in [0.5, 0.6) is 0 Å². The zero-order valence-electron chi connectivity index (χ0n) is 13.9. The van der Waals surface area contributed by atoms with Gasteiger partial charge in [0.1, 0.15) is 0 Å². The lowest BCUT2D eigenvalue weighted by atomic mass is 10.1. The van der Waals surface area contributed by atoms with Gasteiger partial charge in [0.2, 0.25) is 10.0 Å². The second-order valence-electron chi connectivity index (χ2n) is 6.19. The summed E-state index contributed by atoms with van der Waals surface area (Å²) in [5.41, 5.74) is 3.61. The summed E-state index contributed by atoms with van der Waals surface area (Å²) in [5, 5.41) is 0.536. The van der Waals surface area contributed by atoms with E-state index in [2.05, 4.69) is 36.9 Å². The summed E-state index contributed by atoms with van der Waals surface area (Å²) in [5.74, 6) is 0. The summed E-state index contributed by atoms with van der Waals surface area (Å²) in [4.78, 5) is 2.54. The van der Waals surface area contributed by atoms with Crippen molar-refractivity contribution in [2.24, 2.45) is 0 Å². The lowest BCUT2D eigenvalue weighted by Crippen LogP contribution is -2.48. The summed E-state index contributed by atoms with van der Waals surface area (Å²) in [7, 11) is -3.45. The maximum atomic E-state index is 12.7. The molecule has 1 fully saturated rings. The van der Waals surface area contributed by atoms with Crippen LogP contribution in [0.3, 0.4) is 0 Å². The molecule has 128 valence electrons. The van der Waals surface area contributed by atoms with Crippen LogP contribution in [0.2, 0.25) is 5.02 Å². The molecule has 1 aliphatic rings. The van der Waals surface area contributed by atoms with Crippen LogP contribution in [0.15, 0.2) is 47.4 Å². The number of benzene rings is 2. The van der Waals surface area contributed by atoms with Gasteiger partial charge in [0, 0.05) is 36.9 Å². The predicted octanol–water partition coefficient (Wildman–Crippen LogP) is 3.47. The smallest absolute Gasteiger partial charge is 0.243 e. The second kappa shape index (κ2) is 6.75. The van der Waals surface area contributed by atoms with Gasteiger partial charge in [-0.05, 0) is 61.4 Å². The normalized spacial score (nSPS) is 16.4. The average Bonchev–Trinajstić information content (AvgIpc) is 2.54. The molecule has 0 bridgehead atoms. The van der Waals surface area contributed by atoms with Crippen molar-refractivity contribution in [1.82, 2.24) is 4.31 Å². The maximum absolute atomic E-state index is 12.7. The highest BCUT2D eigenvalue weighted by atomic mass is 35.5. The highest BCUT2D eigenvalue weighted by molar-refractivity contribution is 7.89. The molecule has 1 aliphatic heterocycles. The van der Waals surface area contributed by atoms with Crippen molar-refractivity contribution in [2.75, 3.05) is 31.1 Å². The van der Waals surface area contributed by atoms with Gasteiger partial charge in [0.15, 0.2) is 0 Å². The number of nitrogens with zero attached hydrogens (tertiary/aromatic N) is 2. The molecule has 0 spiro atoms. The van der Waals surface area contributed by atoms with Crippen molar-refractivity contribution in [1.29, 1.82) is 0 Å². The summed E-state index contributed by atoms with van der Waals surface area (Å²) in [6.07, 6.45) is 0. The van der Waals surface area contributed by atoms with Crippen molar-refractivity contribution in [3.63, 3.8) is 0 Å². The first-order chi connectivity index (χ1) is 11.4. The third kappa shape index (κ3) is 3.58. The number of hydrogen-bond acceptors (Lipinski definition) is 3. The molecule has 0 aliphatic carbocycles. The Balaban J connectivity index is 1.73. The van der Waals surface area contributed by atoms with Gasteiger partial charge in [-0.1, -0.05) is 17.7 Å². The zero-order valence-corrected chi connectivity index (χ0v) is 15.4. The molecular weight excluding hydrogens is 344 g/mol. The van der Waals surface area contributed by atoms with Crippen LogP contribution < -0.4 is 4.90 Å². The zero-order chi connectivity index (χ0) is 17.3. The fraction of sp³-hybridized carbons (Fsp3) is 0.333. The van der Waals surface area contributed by atoms with E-state index in [-0.39, 0.29) is 0 Å². The molecule has 0 unspecified atom stereocenters. The molecule has 3 rings (SSSR count). The van der Waals surface area contributed by atoms with E-state index in [0.717, 1.165) is 5.69 Å². The Labute approximate surface area is 148 Å². The molecule has 0 saturated carbocycles. The summed E-state index contributed by atoms with van der Waals surface area (Å²) >= 11 is 5.84. The van der Waals surface area contributed by atoms with E-state index >= 15 is 0 Å². The van der Waals surface area contributed by atoms with Gasteiger partial charge in [-0.15, -0.1) is 0 Å². The lowest BCUT2D eigenvalue weighted by molar-refractivity contribution is 0.385. The monoisotopic (exact) mass is 364 g/mol. The SMILES string of the molecule is Cc1cc(C)cc(N2CCN(S(=O)(=O)c3ccc(Cl)cc3)CC2)c1. The van der Waals surface area contributed by atoms with Gasteiger partial charge >= 0.3 is 0 Å². The Morgan fingerprint density at radius 2 is 1.42 bits per heavy atom. The number of anilines is 1. The Morgan fingerprint density at radius 1 is 0.875 bits per heavy atom. The number of halogens is 1. The molecule has 0 atom stereocenters. The Morgan fingerprint density at radius 3 is 1.96 bits per heavy atom. The number of aryl methyl sites for hydroxylation is 2. The molecule has 2 aromatic carbocycles. The summed E-state index contributed by atoms with van der Waals surface area (Å²) < 4.78 is 27.0. The van der Waals surface area contributed by atoms with Crippen LogP contribution in [0.1, 0.15) is 11.1 Å². The van der Waals surface area contributed by atoms with Gasteiger partial charge in [-0.2, -0.15) is 4.31 Å². The first-order valence-electron chi connectivity index (χ1n) is 7.95. The van der Waals surface area contributed by atoms with Gasteiger partial charge in [0.05, 0.1) is 4.90 Å². The molecule has 1 heterocycles. The Bertz CT molecular complexity index is 806. The van der Waals surface area contributed by atoms with E-state index < -0.39 is 10.0 Å². The second-order valence-corrected chi connectivity index (χ2v) is 8.57. The van der Waals surface area contributed by atoms with Crippen LogP contribution in [0.25, 0.3) is 0 Å². The number of piperazine rings is 1. The van der Waals surface area contributed by atoms with E-state index in [0.29, 0.717) is 36.1 Å². The van der Waals surface area contributed by atoms with Crippen molar-refractivity contribution in [2.45, 2.75) is 18.7 Å². The van der Waals surface area contributed by atoms with Crippen LogP contribution in [0, 0.1) is 13.8 Å². The van der Waals surface area contributed by atoms with Crippen LogP contribution in [-0.4, -0.2) is 38.9 Å². The molecule has 0 amide bonds. The van der Waals surface area contributed by atoms with Gasteiger partial charge in [-0.25, -0.2) is 8.42 Å². The number of rotatable bonds is 3. The van der Waals surface area contributed by atoms with Crippen LogP contribution >= 0.6 is 11.6 Å². The van der Waals surface area contributed by atoms with Crippen molar-refractivity contribution >= 4 is 27.3 Å². The minimum atomic E-state index is -3.45. The van der Waals surface area contributed by atoms with E-state index in [9.17, 15) is 8.42 Å². The molecule has 0 N–H and O–H groups in total. The fourth-order valence-corrected chi connectivity index (χ4v) is 4.62. The number of hydrogen-bond donors (Lipinski definition) is 0.